The summed E-state index contributed by atoms with van der Waals surface area (Å²) in [4.78, 5) is 12.5. The molecule has 0 radical (unpaired) electrons. The number of hydrogen-bond acceptors (Lipinski definition) is 6. The monoisotopic (exact) mass is 353 g/mol. The minimum atomic E-state index is -0.434. The van der Waals surface area contributed by atoms with Crippen LogP contribution < -0.4 is 14.8 Å². The van der Waals surface area contributed by atoms with E-state index in [4.69, 9.17) is 13.9 Å². The number of para-hydroxylation sites is 1. The van der Waals surface area contributed by atoms with Crippen molar-refractivity contribution in [2.24, 2.45) is 0 Å². The Morgan fingerprint density at radius 1 is 1.08 bits per heavy atom. The van der Waals surface area contributed by atoms with E-state index in [1.807, 2.05) is 32.0 Å². The second kappa shape index (κ2) is 7.26. The van der Waals surface area contributed by atoms with Crippen molar-refractivity contribution in [3.63, 3.8) is 0 Å². The summed E-state index contributed by atoms with van der Waals surface area (Å²) in [7, 11) is 2.98. The standard InChI is InChI=1S/C19H19N3O4/c1-11-8-9-13(12(2)10-11)18-21-22-19(26-18)20-17(23)14-6-5-7-15(24-3)16(14)25-4/h5-10H,1-4H3,(H,20,22,23). The van der Waals surface area contributed by atoms with E-state index in [0.717, 1.165) is 16.7 Å². The minimum absolute atomic E-state index is 0.00912. The third-order valence-corrected chi connectivity index (χ3v) is 3.91. The summed E-state index contributed by atoms with van der Waals surface area (Å²) in [5.74, 6) is 0.704. The summed E-state index contributed by atoms with van der Waals surface area (Å²) in [6.07, 6.45) is 0. The molecular weight excluding hydrogens is 334 g/mol. The average Bonchev–Trinajstić information content (AvgIpc) is 3.08. The fourth-order valence-electron chi connectivity index (χ4n) is 2.67. The molecule has 0 saturated carbocycles. The zero-order valence-electron chi connectivity index (χ0n) is 15.0. The number of carbonyl (C=O) groups excluding carboxylic acids is 1. The van der Waals surface area contributed by atoms with E-state index in [-0.39, 0.29) is 6.01 Å². The lowest BCUT2D eigenvalue weighted by Gasteiger charge is -2.11. The first-order valence-electron chi connectivity index (χ1n) is 7.97. The largest absolute Gasteiger partial charge is 0.493 e. The van der Waals surface area contributed by atoms with E-state index in [1.54, 1.807) is 18.2 Å². The van der Waals surface area contributed by atoms with Crippen LogP contribution in [0.2, 0.25) is 0 Å². The molecule has 0 saturated heterocycles. The molecule has 1 N–H and O–H groups in total. The van der Waals surface area contributed by atoms with Crippen molar-refractivity contribution in [3.05, 3.63) is 53.1 Å². The summed E-state index contributed by atoms with van der Waals surface area (Å²) < 4.78 is 16.1. The van der Waals surface area contributed by atoms with Crippen LogP contribution in [-0.4, -0.2) is 30.3 Å². The summed E-state index contributed by atoms with van der Waals surface area (Å²) in [5.41, 5.74) is 3.28. The van der Waals surface area contributed by atoms with E-state index in [0.29, 0.717) is 23.0 Å². The van der Waals surface area contributed by atoms with Gasteiger partial charge in [-0.2, -0.15) is 0 Å². The highest BCUT2D eigenvalue weighted by Gasteiger charge is 2.19. The number of hydrogen-bond donors (Lipinski definition) is 1. The molecule has 1 heterocycles. The SMILES string of the molecule is COc1cccc(C(=O)Nc2nnc(-c3ccc(C)cc3C)o2)c1OC. The lowest BCUT2D eigenvalue weighted by Crippen LogP contribution is -2.13. The normalized spacial score (nSPS) is 10.5. The highest BCUT2D eigenvalue weighted by atomic mass is 16.5. The fraction of sp³-hybridized carbons (Fsp3) is 0.211. The molecule has 2 aromatic carbocycles. The summed E-state index contributed by atoms with van der Waals surface area (Å²) in [6.45, 7) is 3.98. The lowest BCUT2D eigenvalue weighted by molar-refractivity contribution is 0.102. The van der Waals surface area contributed by atoms with Crippen molar-refractivity contribution < 1.29 is 18.7 Å². The van der Waals surface area contributed by atoms with Gasteiger partial charge in [0.25, 0.3) is 5.91 Å². The van der Waals surface area contributed by atoms with Gasteiger partial charge in [-0.15, -0.1) is 5.10 Å². The molecule has 0 aliphatic rings. The Morgan fingerprint density at radius 2 is 1.88 bits per heavy atom. The average molecular weight is 353 g/mol. The van der Waals surface area contributed by atoms with Crippen LogP contribution in [0.5, 0.6) is 11.5 Å². The topological polar surface area (TPSA) is 86.5 Å². The summed E-state index contributed by atoms with van der Waals surface area (Å²) in [6, 6.07) is 10.9. The van der Waals surface area contributed by atoms with Crippen molar-refractivity contribution in [1.82, 2.24) is 10.2 Å². The molecule has 134 valence electrons. The van der Waals surface area contributed by atoms with Crippen molar-refractivity contribution >= 4 is 11.9 Å². The molecule has 7 nitrogen and oxygen atoms in total. The van der Waals surface area contributed by atoms with Crippen LogP contribution in [0.4, 0.5) is 6.01 Å². The Morgan fingerprint density at radius 3 is 2.58 bits per heavy atom. The second-order valence-corrected chi connectivity index (χ2v) is 5.73. The smallest absolute Gasteiger partial charge is 0.322 e. The highest BCUT2D eigenvalue weighted by Crippen LogP contribution is 2.31. The third-order valence-electron chi connectivity index (χ3n) is 3.91. The van der Waals surface area contributed by atoms with Crippen LogP contribution in [0.25, 0.3) is 11.5 Å². The molecule has 26 heavy (non-hydrogen) atoms. The molecule has 0 aliphatic heterocycles. The predicted octanol–water partition coefficient (Wildman–Crippen LogP) is 3.62. The van der Waals surface area contributed by atoms with Crippen LogP contribution in [0, 0.1) is 13.8 Å². The number of anilines is 1. The summed E-state index contributed by atoms with van der Waals surface area (Å²) in [5, 5.41) is 10.5. The van der Waals surface area contributed by atoms with E-state index >= 15 is 0 Å². The van der Waals surface area contributed by atoms with E-state index in [2.05, 4.69) is 15.5 Å². The van der Waals surface area contributed by atoms with Crippen molar-refractivity contribution in [3.8, 4) is 23.0 Å². The minimum Gasteiger partial charge on any atom is -0.493 e. The number of nitrogens with one attached hydrogen (secondary N) is 1. The van der Waals surface area contributed by atoms with Crippen LogP contribution in [-0.2, 0) is 0 Å². The highest BCUT2D eigenvalue weighted by molar-refractivity contribution is 6.05. The molecule has 0 fully saturated rings. The van der Waals surface area contributed by atoms with Gasteiger partial charge < -0.3 is 13.9 Å². The van der Waals surface area contributed by atoms with Gasteiger partial charge in [0.2, 0.25) is 5.89 Å². The molecule has 7 heteroatoms. The van der Waals surface area contributed by atoms with Crippen molar-refractivity contribution in [2.75, 3.05) is 19.5 Å². The number of nitrogens with zero attached hydrogens (tertiary/aromatic N) is 2. The van der Waals surface area contributed by atoms with Crippen LogP contribution >= 0.6 is 0 Å². The molecule has 1 aromatic heterocycles. The van der Waals surface area contributed by atoms with Crippen LogP contribution in [0.1, 0.15) is 21.5 Å². The number of methoxy groups -OCH3 is 2. The Balaban J connectivity index is 1.85. The number of benzene rings is 2. The maximum absolute atomic E-state index is 12.5. The zero-order chi connectivity index (χ0) is 18.7. The molecule has 0 bridgehead atoms. The predicted molar refractivity (Wildman–Crippen MR) is 96.7 cm³/mol. The first-order chi connectivity index (χ1) is 12.5. The van der Waals surface area contributed by atoms with Gasteiger partial charge in [0.1, 0.15) is 0 Å². The van der Waals surface area contributed by atoms with Crippen LogP contribution in [0.3, 0.4) is 0 Å². The lowest BCUT2D eigenvalue weighted by atomic mass is 10.1. The van der Waals surface area contributed by atoms with Gasteiger partial charge in [0.05, 0.1) is 19.8 Å². The van der Waals surface area contributed by atoms with Gasteiger partial charge in [-0.25, -0.2) is 0 Å². The second-order valence-electron chi connectivity index (χ2n) is 5.73. The summed E-state index contributed by atoms with van der Waals surface area (Å²) >= 11 is 0. The van der Waals surface area contributed by atoms with E-state index in [1.165, 1.54) is 14.2 Å². The Kier molecular flexibility index (Phi) is 4.88. The molecule has 0 spiro atoms. The number of ether oxygens (including phenoxy) is 2. The third kappa shape index (κ3) is 3.37. The first kappa shape index (κ1) is 17.5. The van der Waals surface area contributed by atoms with Crippen LogP contribution in [0.15, 0.2) is 40.8 Å². The van der Waals surface area contributed by atoms with Gasteiger partial charge in [-0.3, -0.25) is 10.1 Å². The molecule has 0 unspecified atom stereocenters. The van der Waals surface area contributed by atoms with Gasteiger partial charge in [0.15, 0.2) is 11.5 Å². The van der Waals surface area contributed by atoms with Crippen molar-refractivity contribution in [2.45, 2.75) is 13.8 Å². The first-order valence-corrected chi connectivity index (χ1v) is 7.97. The number of rotatable bonds is 5. The van der Waals surface area contributed by atoms with Gasteiger partial charge in [0, 0.05) is 5.56 Å². The Hall–Kier alpha value is -3.35. The molecule has 1 amide bonds. The fourth-order valence-corrected chi connectivity index (χ4v) is 2.67. The maximum atomic E-state index is 12.5. The number of aryl methyl sites for hydroxylation is 2. The van der Waals surface area contributed by atoms with Gasteiger partial charge >= 0.3 is 6.01 Å². The van der Waals surface area contributed by atoms with Crippen molar-refractivity contribution in [1.29, 1.82) is 0 Å². The molecule has 3 rings (SSSR count). The quantitative estimate of drug-likeness (QED) is 0.754. The van der Waals surface area contributed by atoms with E-state index < -0.39 is 5.91 Å². The zero-order valence-corrected chi connectivity index (χ0v) is 15.0. The molecule has 3 aromatic rings. The van der Waals surface area contributed by atoms with Gasteiger partial charge in [-0.05, 0) is 37.6 Å². The maximum Gasteiger partial charge on any atom is 0.322 e. The molecule has 0 atom stereocenters. The van der Waals surface area contributed by atoms with Gasteiger partial charge in [-0.1, -0.05) is 28.9 Å². The number of amides is 1. The Labute approximate surface area is 151 Å². The molecule has 0 aliphatic carbocycles. The Bertz CT molecular complexity index is 950. The molecular formula is C19H19N3O4. The number of carbonyl (C=O) groups is 1. The van der Waals surface area contributed by atoms with E-state index in [9.17, 15) is 4.79 Å². The number of aromatic nitrogens is 2.